The van der Waals surface area contributed by atoms with Crippen molar-refractivity contribution in [3.63, 3.8) is 0 Å². The van der Waals surface area contributed by atoms with E-state index >= 15 is 0 Å². The SMILES string of the molecule is COc1ccc(CC(C)NC(=O)CC2(CN)CCCCC2)cc1OC.Cl. The van der Waals surface area contributed by atoms with Crippen molar-refractivity contribution in [3.8, 4) is 11.5 Å². The van der Waals surface area contributed by atoms with Gasteiger partial charge in [0.15, 0.2) is 11.5 Å². The average molecular weight is 385 g/mol. The molecule has 0 spiro atoms. The minimum atomic E-state index is 0. The summed E-state index contributed by atoms with van der Waals surface area (Å²) < 4.78 is 10.6. The molecule has 1 aromatic rings. The number of amides is 1. The normalized spacial score (nSPS) is 16.9. The smallest absolute Gasteiger partial charge is 0.220 e. The number of ether oxygens (including phenoxy) is 2. The number of rotatable bonds is 8. The summed E-state index contributed by atoms with van der Waals surface area (Å²) in [6.45, 7) is 2.63. The first-order valence-electron chi connectivity index (χ1n) is 9.22. The molecule has 0 saturated heterocycles. The van der Waals surface area contributed by atoms with Crippen molar-refractivity contribution in [2.75, 3.05) is 20.8 Å². The van der Waals surface area contributed by atoms with Crippen molar-refractivity contribution in [1.82, 2.24) is 5.32 Å². The van der Waals surface area contributed by atoms with E-state index in [4.69, 9.17) is 15.2 Å². The molecule has 1 amide bonds. The summed E-state index contributed by atoms with van der Waals surface area (Å²) in [7, 11) is 3.25. The van der Waals surface area contributed by atoms with E-state index in [1.54, 1.807) is 14.2 Å². The number of nitrogens with two attached hydrogens (primary N) is 1. The van der Waals surface area contributed by atoms with E-state index in [-0.39, 0.29) is 29.8 Å². The second kappa shape index (κ2) is 10.6. The van der Waals surface area contributed by atoms with Gasteiger partial charge in [-0.2, -0.15) is 0 Å². The Bertz CT molecular complexity index is 574. The Kier molecular flexibility index (Phi) is 9.23. The van der Waals surface area contributed by atoms with E-state index in [0.29, 0.717) is 24.5 Å². The highest BCUT2D eigenvalue weighted by Crippen LogP contribution is 2.38. The van der Waals surface area contributed by atoms with Crippen LogP contribution < -0.4 is 20.5 Å². The highest BCUT2D eigenvalue weighted by atomic mass is 35.5. The molecule has 1 aliphatic carbocycles. The van der Waals surface area contributed by atoms with Gasteiger partial charge in [0.2, 0.25) is 5.91 Å². The second-order valence-corrected chi connectivity index (χ2v) is 7.30. The van der Waals surface area contributed by atoms with E-state index in [1.807, 2.05) is 25.1 Å². The second-order valence-electron chi connectivity index (χ2n) is 7.30. The Hall–Kier alpha value is -1.46. The molecule has 1 atom stereocenters. The van der Waals surface area contributed by atoms with Crippen LogP contribution in [0.25, 0.3) is 0 Å². The van der Waals surface area contributed by atoms with Gasteiger partial charge in [-0.15, -0.1) is 12.4 Å². The molecule has 1 unspecified atom stereocenters. The average Bonchev–Trinajstić information content (AvgIpc) is 2.62. The van der Waals surface area contributed by atoms with Crippen LogP contribution in [0.1, 0.15) is 51.0 Å². The van der Waals surface area contributed by atoms with Crippen LogP contribution in [0.5, 0.6) is 11.5 Å². The van der Waals surface area contributed by atoms with Crippen LogP contribution in [0.15, 0.2) is 18.2 Å². The van der Waals surface area contributed by atoms with Crippen LogP contribution in [0.3, 0.4) is 0 Å². The van der Waals surface area contributed by atoms with Crippen LogP contribution in [0.4, 0.5) is 0 Å². The summed E-state index contributed by atoms with van der Waals surface area (Å²) in [5.74, 6) is 1.54. The van der Waals surface area contributed by atoms with Crippen molar-refractivity contribution in [2.45, 2.75) is 57.9 Å². The fourth-order valence-electron chi connectivity index (χ4n) is 3.83. The highest BCUT2D eigenvalue weighted by molar-refractivity contribution is 5.85. The van der Waals surface area contributed by atoms with Crippen LogP contribution in [-0.4, -0.2) is 32.7 Å². The van der Waals surface area contributed by atoms with Gasteiger partial charge in [-0.1, -0.05) is 25.3 Å². The molecule has 0 bridgehead atoms. The lowest BCUT2D eigenvalue weighted by atomic mass is 9.71. The number of hydrogen-bond acceptors (Lipinski definition) is 4. The highest BCUT2D eigenvalue weighted by Gasteiger charge is 2.33. The Morgan fingerprint density at radius 1 is 1.19 bits per heavy atom. The van der Waals surface area contributed by atoms with Crippen molar-refractivity contribution in [1.29, 1.82) is 0 Å². The molecule has 0 aliphatic heterocycles. The summed E-state index contributed by atoms with van der Waals surface area (Å²) >= 11 is 0. The minimum Gasteiger partial charge on any atom is -0.493 e. The largest absolute Gasteiger partial charge is 0.493 e. The Morgan fingerprint density at radius 3 is 2.42 bits per heavy atom. The third-order valence-corrected chi connectivity index (χ3v) is 5.28. The van der Waals surface area contributed by atoms with Crippen LogP contribution >= 0.6 is 12.4 Å². The molecular weight excluding hydrogens is 352 g/mol. The van der Waals surface area contributed by atoms with Gasteiger partial charge in [-0.3, -0.25) is 4.79 Å². The topological polar surface area (TPSA) is 73.6 Å². The van der Waals surface area contributed by atoms with Gasteiger partial charge >= 0.3 is 0 Å². The molecule has 0 heterocycles. The summed E-state index contributed by atoms with van der Waals surface area (Å²) in [5.41, 5.74) is 7.11. The van der Waals surface area contributed by atoms with Gasteiger partial charge in [0.25, 0.3) is 0 Å². The Labute approximate surface area is 163 Å². The first-order valence-corrected chi connectivity index (χ1v) is 9.22. The lowest BCUT2D eigenvalue weighted by Gasteiger charge is -2.36. The Morgan fingerprint density at radius 2 is 1.85 bits per heavy atom. The number of nitrogens with one attached hydrogen (secondary N) is 1. The quantitative estimate of drug-likeness (QED) is 0.719. The lowest BCUT2D eigenvalue weighted by molar-refractivity contribution is -0.124. The molecule has 3 N–H and O–H groups in total. The van der Waals surface area contributed by atoms with E-state index < -0.39 is 0 Å². The molecule has 1 aliphatic rings. The monoisotopic (exact) mass is 384 g/mol. The molecular formula is C20H33ClN2O3. The van der Waals surface area contributed by atoms with Crippen LogP contribution in [-0.2, 0) is 11.2 Å². The third-order valence-electron chi connectivity index (χ3n) is 5.28. The maximum atomic E-state index is 12.5. The zero-order valence-corrected chi connectivity index (χ0v) is 17.0. The molecule has 0 aromatic heterocycles. The zero-order valence-electron chi connectivity index (χ0n) is 16.2. The van der Waals surface area contributed by atoms with Crippen molar-refractivity contribution >= 4 is 18.3 Å². The van der Waals surface area contributed by atoms with Crippen molar-refractivity contribution in [3.05, 3.63) is 23.8 Å². The number of benzene rings is 1. The maximum Gasteiger partial charge on any atom is 0.220 e. The molecule has 5 nitrogen and oxygen atoms in total. The summed E-state index contributed by atoms with van der Waals surface area (Å²) in [6.07, 6.45) is 7.07. The van der Waals surface area contributed by atoms with E-state index in [9.17, 15) is 4.79 Å². The van der Waals surface area contributed by atoms with Gasteiger partial charge in [0, 0.05) is 12.5 Å². The number of carbonyl (C=O) groups excluding carboxylic acids is 1. The van der Waals surface area contributed by atoms with Crippen LogP contribution in [0.2, 0.25) is 0 Å². The van der Waals surface area contributed by atoms with Gasteiger partial charge in [0.05, 0.1) is 14.2 Å². The fraction of sp³-hybridized carbons (Fsp3) is 0.650. The van der Waals surface area contributed by atoms with E-state index in [0.717, 1.165) is 24.8 Å². The summed E-state index contributed by atoms with van der Waals surface area (Å²) in [5, 5.41) is 3.13. The summed E-state index contributed by atoms with van der Waals surface area (Å²) in [4.78, 5) is 12.5. The van der Waals surface area contributed by atoms with Gasteiger partial charge in [-0.25, -0.2) is 0 Å². The molecule has 0 radical (unpaired) electrons. The predicted molar refractivity (Wildman–Crippen MR) is 107 cm³/mol. The standard InChI is InChI=1S/C20H32N2O3.ClH/c1-15(11-16-7-8-17(24-2)18(12-16)25-3)22-19(23)13-20(14-21)9-5-4-6-10-20;/h7-8,12,15H,4-6,9-11,13-14,21H2,1-3H3,(H,22,23);1H. The predicted octanol–water partition coefficient (Wildman–Crippen LogP) is 3.47. The van der Waals surface area contributed by atoms with E-state index in [2.05, 4.69) is 5.32 Å². The molecule has 26 heavy (non-hydrogen) atoms. The maximum absolute atomic E-state index is 12.5. The molecule has 1 aromatic carbocycles. The number of hydrogen-bond donors (Lipinski definition) is 2. The first-order chi connectivity index (χ1) is 12.0. The van der Waals surface area contributed by atoms with Crippen molar-refractivity contribution in [2.24, 2.45) is 11.1 Å². The minimum absolute atomic E-state index is 0. The third kappa shape index (κ3) is 6.06. The first kappa shape index (κ1) is 22.6. The molecule has 6 heteroatoms. The van der Waals surface area contributed by atoms with Gasteiger partial charge in [-0.05, 0) is 55.8 Å². The van der Waals surface area contributed by atoms with E-state index in [1.165, 1.54) is 19.3 Å². The zero-order chi connectivity index (χ0) is 18.3. The summed E-state index contributed by atoms with van der Waals surface area (Å²) in [6, 6.07) is 5.93. The molecule has 1 fully saturated rings. The molecule has 2 rings (SSSR count). The number of methoxy groups -OCH3 is 2. The van der Waals surface area contributed by atoms with Crippen LogP contribution in [0, 0.1) is 5.41 Å². The Balaban J connectivity index is 0.00000338. The molecule has 148 valence electrons. The lowest BCUT2D eigenvalue weighted by Crippen LogP contribution is -2.41. The van der Waals surface area contributed by atoms with Crippen molar-refractivity contribution < 1.29 is 14.3 Å². The fourth-order valence-corrected chi connectivity index (χ4v) is 3.83. The molecule has 1 saturated carbocycles. The number of halogens is 1. The van der Waals surface area contributed by atoms with Gasteiger partial charge in [0.1, 0.15) is 0 Å². The number of carbonyl (C=O) groups is 1. The van der Waals surface area contributed by atoms with Gasteiger partial charge < -0.3 is 20.5 Å².